The first kappa shape index (κ1) is 27.1. The number of para-hydroxylation sites is 1. The lowest BCUT2D eigenvalue weighted by molar-refractivity contribution is 0.0389. The van der Waals surface area contributed by atoms with Gasteiger partial charge in [-0.1, -0.05) is 24.3 Å². The van der Waals surface area contributed by atoms with Crippen molar-refractivity contribution in [1.29, 1.82) is 5.26 Å². The predicted octanol–water partition coefficient (Wildman–Crippen LogP) is 4.33. The van der Waals surface area contributed by atoms with Crippen molar-refractivity contribution in [1.82, 2.24) is 15.2 Å². The number of carbonyl (C=O) groups is 1. The van der Waals surface area contributed by atoms with Crippen LogP contribution in [0.4, 0.5) is 17.1 Å². The van der Waals surface area contributed by atoms with Crippen molar-refractivity contribution >= 4 is 51.2 Å². The van der Waals surface area contributed by atoms with Crippen molar-refractivity contribution in [2.75, 3.05) is 55.3 Å². The third kappa shape index (κ3) is 7.12. The van der Waals surface area contributed by atoms with Gasteiger partial charge in [-0.05, 0) is 47.3 Å². The van der Waals surface area contributed by atoms with Gasteiger partial charge in [-0.3, -0.25) is 14.7 Å². The number of nitrogens with one attached hydrogen (secondary N) is 4. The molecule has 1 aliphatic rings. The maximum absolute atomic E-state index is 13.2. The fourth-order valence-corrected chi connectivity index (χ4v) is 5.21. The van der Waals surface area contributed by atoms with E-state index in [0.29, 0.717) is 35.3 Å². The van der Waals surface area contributed by atoms with Crippen molar-refractivity contribution in [2.45, 2.75) is 6.54 Å². The van der Waals surface area contributed by atoms with E-state index in [1.54, 1.807) is 12.3 Å². The summed E-state index contributed by atoms with van der Waals surface area (Å²) >= 11 is 1.38. The molecule has 0 aliphatic carbocycles. The van der Waals surface area contributed by atoms with Gasteiger partial charge in [0.25, 0.3) is 5.91 Å². The van der Waals surface area contributed by atoms with E-state index in [4.69, 9.17) is 10.00 Å². The van der Waals surface area contributed by atoms with Gasteiger partial charge in [-0.15, -0.1) is 16.3 Å². The second-order valence-electron chi connectivity index (χ2n) is 9.11. The first-order chi connectivity index (χ1) is 19.7. The predicted molar refractivity (Wildman–Crippen MR) is 160 cm³/mol. The number of rotatable bonds is 9. The number of aliphatic imine (C=N–C) groups is 1. The van der Waals surface area contributed by atoms with E-state index in [9.17, 15) is 4.79 Å². The standard InChI is InChI=1S/C29H30N8O2S/c30-20-34-29(32-11-12-37-13-15-39-16-14-37)36-23-5-3-4-22(18-23)35-28(38)27-26(9-17-40-27)33-19-21-8-10-31-25-7-2-1-6-24(21)25/h1-10,17-18,33H,11-16,19H2,(H,35,38)(H2,32,34,36). The van der Waals surface area contributed by atoms with E-state index < -0.39 is 0 Å². The van der Waals surface area contributed by atoms with E-state index in [2.05, 4.69) is 36.1 Å². The Morgan fingerprint density at radius 3 is 2.75 bits per heavy atom. The monoisotopic (exact) mass is 554 g/mol. The molecule has 0 unspecified atom stereocenters. The third-order valence-corrected chi connectivity index (χ3v) is 7.36. The number of anilines is 3. The quantitative estimate of drug-likeness (QED) is 0.137. The van der Waals surface area contributed by atoms with Gasteiger partial charge < -0.3 is 26.0 Å². The molecule has 5 rings (SSSR count). The van der Waals surface area contributed by atoms with Crippen LogP contribution in [-0.2, 0) is 11.3 Å². The number of ether oxygens (including phenoxy) is 1. The van der Waals surface area contributed by atoms with Gasteiger partial charge in [-0.25, -0.2) is 0 Å². The van der Waals surface area contributed by atoms with Crippen LogP contribution in [0.2, 0.25) is 0 Å². The van der Waals surface area contributed by atoms with Crippen molar-refractivity contribution in [2.24, 2.45) is 4.99 Å². The van der Waals surface area contributed by atoms with Crippen LogP contribution < -0.4 is 21.3 Å². The fraction of sp³-hybridized carbons (Fsp3) is 0.241. The van der Waals surface area contributed by atoms with Crippen LogP contribution in [-0.4, -0.2) is 61.1 Å². The minimum atomic E-state index is -0.205. The number of hydrogen-bond donors (Lipinski definition) is 4. The summed E-state index contributed by atoms with van der Waals surface area (Å²) in [5.74, 6) is 0.149. The highest BCUT2D eigenvalue weighted by Crippen LogP contribution is 2.26. The molecular weight excluding hydrogens is 524 g/mol. The highest BCUT2D eigenvalue weighted by Gasteiger charge is 2.15. The van der Waals surface area contributed by atoms with Gasteiger partial charge in [0.15, 0.2) is 0 Å². The zero-order chi connectivity index (χ0) is 27.6. The number of morpholine rings is 1. The average Bonchev–Trinajstić information content (AvgIpc) is 3.46. The number of hydrogen-bond acceptors (Lipinski definition) is 8. The largest absolute Gasteiger partial charge is 0.380 e. The number of nitriles is 1. The van der Waals surface area contributed by atoms with Crippen LogP contribution in [0.15, 0.2) is 77.2 Å². The summed E-state index contributed by atoms with van der Waals surface area (Å²) in [6.07, 6.45) is 3.63. The molecule has 204 valence electrons. The molecule has 1 saturated heterocycles. The van der Waals surface area contributed by atoms with Crippen LogP contribution in [0.1, 0.15) is 15.2 Å². The number of pyridine rings is 1. The molecule has 4 N–H and O–H groups in total. The molecule has 2 aromatic carbocycles. The van der Waals surface area contributed by atoms with Crippen LogP contribution in [0.5, 0.6) is 0 Å². The number of fused-ring (bicyclic) bond motifs is 1. The molecule has 0 atom stereocenters. The molecule has 4 aromatic rings. The van der Waals surface area contributed by atoms with Crippen LogP contribution in [0, 0.1) is 11.5 Å². The van der Waals surface area contributed by atoms with Crippen molar-refractivity contribution in [3.8, 4) is 6.19 Å². The van der Waals surface area contributed by atoms with Gasteiger partial charge in [0.1, 0.15) is 4.88 Å². The zero-order valence-corrected chi connectivity index (χ0v) is 22.7. The second kappa shape index (κ2) is 13.5. The van der Waals surface area contributed by atoms with Crippen molar-refractivity contribution in [3.63, 3.8) is 0 Å². The fourth-order valence-electron chi connectivity index (χ4n) is 4.44. The molecule has 40 heavy (non-hydrogen) atoms. The Balaban J connectivity index is 1.19. The van der Waals surface area contributed by atoms with Crippen molar-refractivity contribution in [3.05, 3.63) is 82.7 Å². The van der Waals surface area contributed by atoms with Gasteiger partial charge >= 0.3 is 0 Å². The smallest absolute Gasteiger partial charge is 0.267 e. The lowest BCUT2D eigenvalue weighted by Crippen LogP contribution is -2.42. The first-order valence-electron chi connectivity index (χ1n) is 13.0. The normalized spacial score (nSPS) is 13.9. The Bertz CT molecular complexity index is 1520. The summed E-state index contributed by atoms with van der Waals surface area (Å²) in [4.78, 5) is 24.4. The van der Waals surface area contributed by atoms with Gasteiger partial charge in [0.05, 0.1) is 24.4 Å². The highest BCUT2D eigenvalue weighted by molar-refractivity contribution is 7.12. The van der Waals surface area contributed by atoms with E-state index in [0.717, 1.165) is 55.0 Å². The SMILES string of the molecule is N#C/N=C(\NCCN1CCOCC1)Nc1cccc(NC(=O)c2sccc2NCc2ccnc3ccccc23)c1. The van der Waals surface area contributed by atoms with Crippen LogP contribution in [0.25, 0.3) is 10.9 Å². The zero-order valence-electron chi connectivity index (χ0n) is 21.9. The Labute approximate surface area is 236 Å². The maximum atomic E-state index is 13.2. The molecule has 0 spiro atoms. The van der Waals surface area contributed by atoms with E-state index >= 15 is 0 Å². The third-order valence-electron chi connectivity index (χ3n) is 6.45. The van der Waals surface area contributed by atoms with E-state index in [1.165, 1.54) is 11.3 Å². The van der Waals surface area contributed by atoms with Gasteiger partial charge in [-0.2, -0.15) is 5.26 Å². The Morgan fingerprint density at radius 1 is 1.07 bits per heavy atom. The molecule has 0 radical (unpaired) electrons. The number of guanidine groups is 1. The molecule has 0 saturated carbocycles. The molecular formula is C29H30N8O2S. The molecule has 1 amide bonds. The molecule has 11 heteroatoms. The van der Waals surface area contributed by atoms with Crippen LogP contribution in [0.3, 0.4) is 0 Å². The minimum Gasteiger partial charge on any atom is -0.380 e. The molecule has 1 fully saturated rings. The molecule has 2 aromatic heterocycles. The number of amides is 1. The second-order valence-corrected chi connectivity index (χ2v) is 10.0. The molecule has 10 nitrogen and oxygen atoms in total. The summed E-state index contributed by atoms with van der Waals surface area (Å²) < 4.78 is 5.38. The van der Waals surface area contributed by atoms with Gasteiger partial charge in [0, 0.05) is 55.7 Å². The minimum absolute atomic E-state index is 0.205. The summed E-state index contributed by atoms with van der Waals surface area (Å²) in [6, 6.07) is 19.2. The number of carbonyl (C=O) groups excluding carboxylic acids is 1. The van der Waals surface area contributed by atoms with E-state index in [-0.39, 0.29) is 5.91 Å². The average molecular weight is 555 g/mol. The number of benzene rings is 2. The summed E-state index contributed by atoms with van der Waals surface area (Å²) in [5.41, 5.74) is 4.13. The lowest BCUT2D eigenvalue weighted by Gasteiger charge is -2.26. The Hall–Kier alpha value is -4.50. The molecule has 3 heterocycles. The summed E-state index contributed by atoms with van der Waals surface area (Å²) in [5, 5.41) is 24.8. The molecule has 1 aliphatic heterocycles. The number of aromatic nitrogens is 1. The van der Waals surface area contributed by atoms with E-state index in [1.807, 2.05) is 66.2 Å². The Kier molecular flexibility index (Phi) is 9.16. The number of thiophene rings is 1. The van der Waals surface area contributed by atoms with Gasteiger partial charge in [0.2, 0.25) is 12.2 Å². The lowest BCUT2D eigenvalue weighted by atomic mass is 10.1. The first-order valence-corrected chi connectivity index (χ1v) is 13.9. The van der Waals surface area contributed by atoms with Crippen molar-refractivity contribution < 1.29 is 9.53 Å². The summed E-state index contributed by atoms with van der Waals surface area (Å²) in [6.45, 7) is 5.28. The molecule has 0 bridgehead atoms. The Morgan fingerprint density at radius 2 is 1.90 bits per heavy atom. The maximum Gasteiger partial charge on any atom is 0.267 e. The highest BCUT2D eigenvalue weighted by atomic mass is 32.1. The summed E-state index contributed by atoms with van der Waals surface area (Å²) in [7, 11) is 0. The topological polar surface area (TPSA) is 127 Å². The van der Waals surface area contributed by atoms with Crippen LogP contribution >= 0.6 is 11.3 Å². The number of nitrogens with zero attached hydrogens (tertiary/aromatic N) is 4.